The molecular formula is C12H12Cl2N2O3. The number of nitrogens with one attached hydrogen (secondary N) is 1. The molecule has 102 valence electrons. The van der Waals surface area contributed by atoms with E-state index in [1.165, 1.54) is 12.1 Å². The lowest BCUT2D eigenvalue weighted by Gasteiger charge is -2.38. The van der Waals surface area contributed by atoms with Crippen molar-refractivity contribution < 1.29 is 14.7 Å². The molecule has 0 bridgehead atoms. The molecule has 1 aromatic rings. The van der Waals surface area contributed by atoms with E-state index in [1.807, 2.05) is 0 Å². The number of carboxylic acids is 1. The van der Waals surface area contributed by atoms with Crippen LogP contribution in [0.4, 0.5) is 5.69 Å². The van der Waals surface area contributed by atoms with Crippen LogP contribution in [-0.2, 0) is 4.79 Å². The Morgan fingerprint density at radius 3 is 2.16 bits per heavy atom. The largest absolute Gasteiger partial charge is 0.480 e. The minimum Gasteiger partial charge on any atom is -0.480 e. The lowest BCUT2D eigenvalue weighted by molar-refractivity contribution is -0.148. The molecule has 0 aromatic heterocycles. The van der Waals surface area contributed by atoms with E-state index in [2.05, 4.69) is 5.32 Å². The number of benzene rings is 1. The highest BCUT2D eigenvalue weighted by molar-refractivity contribution is 6.39. The predicted molar refractivity (Wildman–Crippen MR) is 72.6 cm³/mol. The van der Waals surface area contributed by atoms with Crippen molar-refractivity contribution in [2.24, 2.45) is 0 Å². The average Bonchev–Trinajstić information content (AvgIpc) is 2.29. The molecule has 2 rings (SSSR count). The van der Waals surface area contributed by atoms with Crippen molar-refractivity contribution in [3.8, 4) is 0 Å². The molecule has 0 saturated heterocycles. The van der Waals surface area contributed by atoms with Gasteiger partial charge in [0.25, 0.3) is 5.91 Å². The van der Waals surface area contributed by atoms with E-state index in [1.54, 1.807) is 0 Å². The summed E-state index contributed by atoms with van der Waals surface area (Å²) >= 11 is 11.7. The molecule has 1 saturated carbocycles. The molecule has 1 amide bonds. The fourth-order valence-corrected chi connectivity index (χ4v) is 2.41. The summed E-state index contributed by atoms with van der Waals surface area (Å²) in [7, 11) is 0. The molecule has 19 heavy (non-hydrogen) atoms. The highest BCUT2D eigenvalue weighted by Crippen LogP contribution is 2.33. The van der Waals surface area contributed by atoms with Crippen LogP contribution in [0.5, 0.6) is 0 Å². The van der Waals surface area contributed by atoms with Gasteiger partial charge in [-0.25, -0.2) is 4.79 Å². The number of nitrogen functional groups attached to an aromatic ring is 1. The first-order chi connectivity index (χ1) is 8.85. The lowest BCUT2D eigenvalue weighted by atomic mass is 9.76. The Labute approximate surface area is 119 Å². The summed E-state index contributed by atoms with van der Waals surface area (Å²) in [5.41, 5.74) is 4.79. The number of hydrogen-bond acceptors (Lipinski definition) is 3. The van der Waals surface area contributed by atoms with E-state index in [-0.39, 0.29) is 21.3 Å². The Morgan fingerprint density at radius 2 is 1.79 bits per heavy atom. The number of aliphatic carboxylic acids is 1. The van der Waals surface area contributed by atoms with Gasteiger partial charge in [-0.15, -0.1) is 0 Å². The first-order valence-corrected chi connectivity index (χ1v) is 6.42. The molecule has 7 heteroatoms. The summed E-state index contributed by atoms with van der Waals surface area (Å²) in [5, 5.41) is 12.0. The molecule has 5 nitrogen and oxygen atoms in total. The van der Waals surface area contributed by atoms with Crippen molar-refractivity contribution in [2.45, 2.75) is 24.8 Å². The molecular weight excluding hydrogens is 291 g/mol. The maximum Gasteiger partial charge on any atom is 0.329 e. The standard InChI is InChI=1S/C12H12Cl2N2O3/c13-7-4-6(5-8(14)9(7)15)10(17)16-12(11(18)19)2-1-3-12/h4-5H,1-3,15H2,(H,16,17)(H,18,19). The van der Waals surface area contributed by atoms with E-state index in [9.17, 15) is 9.59 Å². The SMILES string of the molecule is Nc1c(Cl)cc(C(=O)NC2(C(=O)O)CCC2)cc1Cl. The number of carbonyl (C=O) groups excluding carboxylic acids is 1. The number of carbonyl (C=O) groups is 2. The molecule has 1 aliphatic rings. The lowest BCUT2D eigenvalue weighted by Crippen LogP contribution is -2.59. The summed E-state index contributed by atoms with van der Waals surface area (Å²) in [4.78, 5) is 23.2. The van der Waals surface area contributed by atoms with Gasteiger partial charge in [0.05, 0.1) is 15.7 Å². The Morgan fingerprint density at radius 1 is 1.26 bits per heavy atom. The summed E-state index contributed by atoms with van der Waals surface area (Å²) < 4.78 is 0. The zero-order chi connectivity index (χ0) is 14.2. The number of halogens is 2. The second kappa shape index (κ2) is 4.90. The highest BCUT2D eigenvalue weighted by Gasteiger charge is 2.45. The molecule has 0 spiro atoms. The van der Waals surface area contributed by atoms with Gasteiger partial charge in [0.1, 0.15) is 5.54 Å². The Balaban J connectivity index is 2.23. The summed E-state index contributed by atoms with van der Waals surface area (Å²) in [6, 6.07) is 2.73. The zero-order valence-corrected chi connectivity index (χ0v) is 11.4. The Bertz CT molecular complexity index is 533. The van der Waals surface area contributed by atoms with Gasteiger partial charge in [0.2, 0.25) is 0 Å². The molecule has 1 aromatic carbocycles. The molecule has 0 unspecified atom stereocenters. The highest BCUT2D eigenvalue weighted by atomic mass is 35.5. The van der Waals surface area contributed by atoms with Crippen LogP contribution in [0.3, 0.4) is 0 Å². The van der Waals surface area contributed by atoms with Gasteiger partial charge in [-0.3, -0.25) is 4.79 Å². The van der Waals surface area contributed by atoms with Crippen molar-refractivity contribution in [1.29, 1.82) is 0 Å². The number of amides is 1. The van der Waals surface area contributed by atoms with Gasteiger partial charge in [-0.05, 0) is 31.4 Å². The van der Waals surface area contributed by atoms with E-state index in [4.69, 9.17) is 34.0 Å². The summed E-state index contributed by atoms with van der Waals surface area (Å²) in [6.45, 7) is 0. The third kappa shape index (κ3) is 2.48. The van der Waals surface area contributed by atoms with Gasteiger partial charge >= 0.3 is 5.97 Å². The topological polar surface area (TPSA) is 92.4 Å². The number of anilines is 1. The monoisotopic (exact) mass is 302 g/mol. The molecule has 0 heterocycles. The third-order valence-corrected chi connectivity index (χ3v) is 3.94. The normalized spacial score (nSPS) is 16.5. The Kier molecular flexibility index (Phi) is 3.60. The molecule has 0 aliphatic heterocycles. The zero-order valence-electron chi connectivity index (χ0n) is 9.87. The fraction of sp³-hybridized carbons (Fsp3) is 0.333. The van der Waals surface area contributed by atoms with Crippen molar-refractivity contribution in [3.05, 3.63) is 27.7 Å². The van der Waals surface area contributed by atoms with Crippen molar-refractivity contribution in [2.75, 3.05) is 5.73 Å². The van der Waals surface area contributed by atoms with Crippen LogP contribution in [0, 0.1) is 0 Å². The smallest absolute Gasteiger partial charge is 0.329 e. The second-order valence-corrected chi connectivity index (χ2v) is 5.36. The first-order valence-electron chi connectivity index (χ1n) is 5.66. The summed E-state index contributed by atoms with van der Waals surface area (Å²) in [5.74, 6) is -1.55. The van der Waals surface area contributed by atoms with Gasteiger partial charge < -0.3 is 16.2 Å². The molecule has 0 radical (unpaired) electrons. The minimum absolute atomic E-state index is 0.163. The van der Waals surface area contributed by atoms with Crippen LogP contribution in [0.25, 0.3) is 0 Å². The Hall–Kier alpha value is -1.46. The van der Waals surface area contributed by atoms with E-state index in [0.29, 0.717) is 12.8 Å². The van der Waals surface area contributed by atoms with Gasteiger partial charge in [0, 0.05) is 5.56 Å². The molecule has 1 aliphatic carbocycles. The predicted octanol–water partition coefficient (Wildman–Crippen LogP) is 2.31. The number of rotatable bonds is 3. The van der Waals surface area contributed by atoms with E-state index in [0.717, 1.165) is 6.42 Å². The van der Waals surface area contributed by atoms with Crippen molar-refractivity contribution >= 4 is 40.8 Å². The van der Waals surface area contributed by atoms with E-state index < -0.39 is 17.4 Å². The molecule has 0 atom stereocenters. The first kappa shape index (κ1) is 14.0. The number of carboxylic acid groups (broad SMARTS) is 1. The van der Waals surface area contributed by atoms with Crippen LogP contribution in [0.2, 0.25) is 10.0 Å². The van der Waals surface area contributed by atoms with Gasteiger partial charge in [0.15, 0.2) is 0 Å². The van der Waals surface area contributed by atoms with Crippen molar-refractivity contribution in [3.63, 3.8) is 0 Å². The number of nitrogens with two attached hydrogens (primary N) is 1. The maximum absolute atomic E-state index is 12.0. The van der Waals surface area contributed by atoms with Gasteiger partial charge in [-0.1, -0.05) is 23.2 Å². The maximum atomic E-state index is 12.0. The van der Waals surface area contributed by atoms with Crippen molar-refractivity contribution in [1.82, 2.24) is 5.32 Å². The van der Waals surface area contributed by atoms with Crippen LogP contribution in [0.1, 0.15) is 29.6 Å². The average molecular weight is 303 g/mol. The van der Waals surface area contributed by atoms with Crippen LogP contribution in [-0.4, -0.2) is 22.5 Å². The van der Waals surface area contributed by atoms with Crippen LogP contribution in [0.15, 0.2) is 12.1 Å². The fourth-order valence-electron chi connectivity index (χ4n) is 1.93. The minimum atomic E-state index is -1.17. The quantitative estimate of drug-likeness (QED) is 0.747. The van der Waals surface area contributed by atoms with Gasteiger partial charge in [-0.2, -0.15) is 0 Å². The number of hydrogen-bond donors (Lipinski definition) is 3. The molecule has 1 fully saturated rings. The van der Waals surface area contributed by atoms with Crippen LogP contribution >= 0.6 is 23.2 Å². The van der Waals surface area contributed by atoms with E-state index >= 15 is 0 Å². The van der Waals surface area contributed by atoms with Crippen LogP contribution < -0.4 is 11.1 Å². The summed E-state index contributed by atoms with van der Waals surface area (Å²) in [6.07, 6.45) is 1.62. The molecule has 4 N–H and O–H groups in total. The second-order valence-electron chi connectivity index (χ2n) is 4.55. The third-order valence-electron chi connectivity index (χ3n) is 3.31.